The van der Waals surface area contributed by atoms with Crippen molar-refractivity contribution in [3.05, 3.63) is 52.8 Å². The number of pyridine rings is 1. The second-order valence-corrected chi connectivity index (χ2v) is 13.9. The lowest BCUT2D eigenvalue weighted by molar-refractivity contribution is -0.186. The number of rotatable bonds is 6. The normalized spacial score (nSPS) is 20.9. The Bertz CT molecular complexity index is 1630. The fraction of sp³-hybridized carbons (Fsp3) is 0.559. The van der Waals surface area contributed by atoms with Crippen LogP contribution in [0, 0.1) is 12.3 Å². The molecule has 1 aliphatic carbocycles. The topological polar surface area (TPSA) is 86.1 Å². The number of piperidine rings is 1. The van der Waals surface area contributed by atoms with E-state index in [4.69, 9.17) is 19.2 Å². The quantitative estimate of drug-likeness (QED) is 0.274. The lowest BCUT2D eigenvalue weighted by atomic mass is 9.59. The zero-order valence-corrected chi connectivity index (χ0v) is 26.9. The summed E-state index contributed by atoms with van der Waals surface area (Å²) in [5.74, 6) is -1.76. The molecule has 11 heteroatoms. The summed E-state index contributed by atoms with van der Waals surface area (Å²) in [7, 11) is 2.96. The molecule has 0 unspecified atom stereocenters. The number of esters is 1. The molecule has 1 aromatic carbocycles. The van der Waals surface area contributed by atoms with E-state index in [-0.39, 0.29) is 24.6 Å². The Morgan fingerprint density at radius 3 is 2.42 bits per heavy atom. The van der Waals surface area contributed by atoms with Gasteiger partial charge in [-0.15, -0.1) is 0 Å². The first-order valence-corrected chi connectivity index (χ1v) is 15.6. The molecule has 3 aromatic rings. The van der Waals surface area contributed by atoms with Crippen molar-refractivity contribution in [2.24, 2.45) is 5.41 Å². The third kappa shape index (κ3) is 5.87. The van der Waals surface area contributed by atoms with Crippen LogP contribution in [0.5, 0.6) is 5.75 Å². The molecule has 3 fully saturated rings. The van der Waals surface area contributed by atoms with Gasteiger partial charge in [-0.3, -0.25) is 9.47 Å². The van der Waals surface area contributed by atoms with Gasteiger partial charge in [0.1, 0.15) is 17.2 Å². The third-order valence-electron chi connectivity index (χ3n) is 9.48. The smallest absolute Gasteiger partial charge is 0.419 e. The van der Waals surface area contributed by atoms with Gasteiger partial charge in [-0.05, 0) is 82.7 Å². The number of benzene rings is 1. The minimum absolute atomic E-state index is 0.117. The van der Waals surface area contributed by atoms with Crippen molar-refractivity contribution in [3.63, 3.8) is 0 Å². The molecule has 1 atom stereocenters. The molecule has 0 N–H and O–H groups in total. The molecule has 2 saturated heterocycles. The van der Waals surface area contributed by atoms with E-state index in [2.05, 4.69) is 9.80 Å². The van der Waals surface area contributed by atoms with Crippen molar-refractivity contribution in [2.45, 2.75) is 83.9 Å². The van der Waals surface area contributed by atoms with Gasteiger partial charge in [0, 0.05) is 61.2 Å². The van der Waals surface area contributed by atoms with Crippen LogP contribution >= 0.6 is 0 Å². The Balaban J connectivity index is 1.42. The standard InChI is InChI=1S/C34H42F2N4O5/c1-21-16-27(43-5)24(22-10-14-40(28(21)22)31(42)45-32(2,3)4)18-39-15-11-33(19-34(35,36)20-33)17-26(39)23-8-9-25(30(41)44-6)37-29(23)38-12-7-13-38/h8-10,14,16,26H,7,11-13,15,17-20H2,1-6H3/t26-/m1/s1. The fourth-order valence-electron chi connectivity index (χ4n) is 7.33. The van der Waals surface area contributed by atoms with E-state index in [0.717, 1.165) is 47.1 Å². The van der Waals surface area contributed by atoms with Gasteiger partial charge in [-0.1, -0.05) is 6.07 Å². The first-order valence-electron chi connectivity index (χ1n) is 15.6. The first-order chi connectivity index (χ1) is 21.2. The van der Waals surface area contributed by atoms with Crippen LogP contribution in [-0.4, -0.2) is 71.9 Å². The second-order valence-electron chi connectivity index (χ2n) is 13.9. The van der Waals surface area contributed by atoms with Crippen LogP contribution in [0.15, 0.2) is 30.5 Å². The predicted molar refractivity (Wildman–Crippen MR) is 166 cm³/mol. The monoisotopic (exact) mass is 624 g/mol. The molecule has 4 heterocycles. The summed E-state index contributed by atoms with van der Waals surface area (Å²) in [6.45, 7) is 10.1. The predicted octanol–water partition coefficient (Wildman–Crippen LogP) is 6.89. The number of carbonyl (C=O) groups is 2. The number of halogens is 2. The highest BCUT2D eigenvalue weighted by atomic mass is 19.3. The zero-order chi connectivity index (χ0) is 32.3. The second kappa shape index (κ2) is 11.3. The molecule has 6 rings (SSSR count). The summed E-state index contributed by atoms with van der Waals surface area (Å²) in [6.07, 6.45) is 3.26. The van der Waals surface area contributed by atoms with Crippen molar-refractivity contribution in [3.8, 4) is 5.75 Å². The number of aromatic nitrogens is 2. The van der Waals surface area contributed by atoms with Crippen LogP contribution in [-0.2, 0) is 16.0 Å². The van der Waals surface area contributed by atoms with Gasteiger partial charge in [0.05, 0.1) is 19.7 Å². The van der Waals surface area contributed by atoms with Crippen molar-refractivity contribution in [1.82, 2.24) is 14.5 Å². The van der Waals surface area contributed by atoms with E-state index in [1.54, 1.807) is 19.4 Å². The number of anilines is 1. The Labute approximate surface area is 262 Å². The SMILES string of the molecule is COC(=O)c1ccc([C@H]2CC3(CCN2Cc2c(OC)cc(C)c4c2ccn4C(=O)OC(C)(C)C)CC(F)(F)C3)c(N2CCC2)n1. The number of methoxy groups -OCH3 is 2. The molecule has 3 aliphatic rings. The van der Waals surface area contributed by atoms with Crippen molar-refractivity contribution >= 4 is 28.8 Å². The van der Waals surface area contributed by atoms with Gasteiger partial charge < -0.3 is 19.1 Å². The highest BCUT2D eigenvalue weighted by Gasteiger charge is 2.58. The van der Waals surface area contributed by atoms with Crippen LogP contribution in [0.2, 0.25) is 0 Å². The lowest BCUT2D eigenvalue weighted by Gasteiger charge is -2.55. The number of ether oxygens (including phenoxy) is 3. The maximum atomic E-state index is 14.3. The maximum Gasteiger partial charge on any atom is 0.419 e. The highest BCUT2D eigenvalue weighted by molar-refractivity contribution is 5.95. The molecule has 2 aliphatic heterocycles. The Kier molecular flexibility index (Phi) is 7.82. The van der Waals surface area contributed by atoms with Crippen LogP contribution in [0.4, 0.5) is 19.4 Å². The first kappa shape index (κ1) is 31.3. The number of fused-ring (bicyclic) bond motifs is 1. The van der Waals surface area contributed by atoms with Crippen LogP contribution in [0.3, 0.4) is 0 Å². The van der Waals surface area contributed by atoms with Crippen molar-refractivity contribution in [1.29, 1.82) is 0 Å². The van der Waals surface area contributed by atoms with Gasteiger partial charge in [-0.25, -0.2) is 23.4 Å². The average Bonchev–Trinajstić information content (AvgIpc) is 3.38. The molecule has 0 amide bonds. The third-order valence-corrected chi connectivity index (χ3v) is 9.48. The lowest BCUT2D eigenvalue weighted by Crippen LogP contribution is -2.53. The van der Waals surface area contributed by atoms with E-state index in [1.807, 2.05) is 45.9 Å². The number of hydrogen-bond acceptors (Lipinski definition) is 8. The molecule has 242 valence electrons. The number of aryl methyl sites for hydroxylation is 1. The summed E-state index contributed by atoms with van der Waals surface area (Å²) >= 11 is 0. The summed E-state index contributed by atoms with van der Waals surface area (Å²) < 4.78 is 46.7. The molecule has 1 spiro atoms. The zero-order valence-electron chi connectivity index (χ0n) is 26.9. The van der Waals surface area contributed by atoms with Crippen LogP contribution < -0.4 is 9.64 Å². The van der Waals surface area contributed by atoms with Crippen molar-refractivity contribution in [2.75, 3.05) is 38.8 Å². The van der Waals surface area contributed by atoms with Crippen molar-refractivity contribution < 1.29 is 32.6 Å². The molecule has 0 bridgehead atoms. The van der Waals surface area contributed by atoms with Gasteiger partial charge in [0.25, 0.3) is 0 Å². The number of alkyl halides is 2. The van der Waals surface area contributed by atoms with Gasteiger partial charge in [0.15, 0.2) is 5.69 Å². The number of nitrogens with zero attached hydrogens (tertiary/aromatic N) is 4. The maximum absolute atomic E-state index is 14.3. The van der Waals surface area contributed by atoms with Gasteiger partial charge >= 0.3 is 12.1 Å². The minimum atomic E-state index is -2.64. The number of likely N-dealkylation sites (tertiary alicyclic amines) is 1. The summed E-state index contributed by atoms with van der Waals surface area (Å²) in [6, 6.07) is 7.21. The van der Waals surface area contributed by atoms with E-state index in [1.165, 1.54) is 11.7 Å². The number of carbonyl (C=O) groups excluding carboxylic acids is 2. The van der Waals surface area contributed by atoms with E-state index >= 15 is 0 Å². The van der Waals surface area contributed by atoms with Crippen LogP contribution in [0.1, 0.15) is 86.1 Å². The van der Waals surface area contributed by atoms with Gasteiger partial charge in [0.2, 0.25) is 5.92 Å². The Hall–Kier alpha value is -3.73. The molecule has 0 radical (unpaired) electrons. The molecule has 9 nitrogen and oxygen atoms in total. The number of hydrogen-bond donors (Lipinski definition) is 0. The summed E-state index contributed by atoms with van der Waals surface area (Å²) in [5, 5.41) is 0.869. The summed E-state index contributed by atoms with van der Waals surface area (Å²) in [4.78, 5) is 34.8. The van der Waals surface area contributed by atoms with E-state index in [9.17, 15) is 18.4 Å². The molecule has 2 aromatic heterocycles. The largest absolute Gasteiger partial charge is 0.496 e. The molecular weight excluding hydrogens is 582 g/mol. The van der Waals surface area contributed by atoms with E-state index in [0.29, 0.717) is 37.5 Å². The molecule has 1 saturated carbocycles. The van der Waals surface area contributed by atoms with Gasteiger partial charge in [-0.2, -0.15) is 0 Å². The molecule has 45 heavy (non-hydrogen) atoms. The highest BCUT2D eigenvalue weighted by Crippen LogP contribution is 2.61. The Morgan fingerprint density at radius 1 is 1.09 bits per heavy atom. The Morgan fingerprint density at radius 2 is 1.82 bits per heavy atom. The summed E-state index contributed by atoms with van der Waals surface area (Å²) in [5.41, 5.74) is 2.56. The van der Waals surface area contributed by atoms with E-state index < -0.39 is 29.0 Å². The minimum Gasteiger partial charge on any atom is -0.496 e. The fourth-order valence-corrected chi connectivity index (χ4v) is 7.33. The molecular formula is C34H42F2N4O5. The van der Waals surface area contributed by atoms with Crippen LogP contribution in [0.25, 0.3) is 10.9 Å². The average molecular weight is 625 g/mol.